The van der Waals surface area contributed by atoms with Gasteiger partial charge in [-0.15, -0.1) is 24.0 Å². The summed E-state index contributed by atoms with van der Waals surface area (Å²) in [7, 11) is 0. The molecule has 0 aliphatic rings. The van der Waals surface area contributed by atoms with Crippen molar-refractivity contribution in [3.8, 4) is 0 Å². The maximum absolute atomic E-state index is 5.99. The molecule has 6 heteroatoms. The smallest absolute Gasteiger partial charge is 0.193 e. The van der Waals surface area contributed by atoms with Crippen LogP contribution < -0.4 is 11.1 Å². The highest BCUT2D eigenvalue weighted by Crippen LogP contribution is 2.15. The molecule has 0 atom stereocenters. The number of nitrogens with two attached hydrogens (primary N) is 1. The number of anilines is 1. The summed E-state index contributed by atoms with van der Waals surface area (Å²) < 4.78 is 2.16. The van der Waals surface area contributed by atoms with Crippen molar-refractivity contribution in [2.45, 2.75) is 20.0 Å². The van der Waals surface area contributed by atoms with Crippen molar-refractivity contribution < 1.29 is 0 Å². The minimum atomic E-state index is 0. The second-order valence-corrected chi connectivity index (χ2v) is 6.87. The Morgan fingerprint density at radius 3 is 2.41 bits per heavy atom. The van der Waals surface area contributed by atoms with E-state index in [4.69, 9.17) is 5.73 Å². The van der Waals surface area contributed by atoms with E-state index >= 15 is 0 Å². The van der Waals surface area contributed by atoms with E-state index in [1.807, 2.05) is 48.8 Å². The van der Waals surface area contributed by atoms with Crippen LogP contribution in [-0.4, -0.2) is 15.5 Å². The largest absolute Gasteiger partial charge is 0.370 e. The van der Waals surface area contributed by atoms with Gasteiger partial charge in [0.25, 0.3) is 0 Å². The summed E-state index contributed by atoms with van der Waals surface area (Å²) in [6.07, 6.45) is 1.89. The van der Waals surface area contributed by atoms with Crippen molar-refractivity contribution in [3.63, 3.8) is 0 Å². The fourth-order valence-electron chi connectivity index (χ4n) is 3.08. The van der Waals surface area contributed by atoms with Gasteiger partial charge >= 0.3 is 0 Å². The number of hydrogen-bond donors (Lipinski definition) is 2. The zero-order valence-electron chi connectivity index (χ0n) is 16.2. The van der Waals surface area contributed by atoms with Crippen LogP contribution in [0.4, 0.5) is 5.69 Å². The molecule has 0 unspecified atom stereocenters. The normalized spacial score (nSPS) is 11.3. The number of benzene rings is 3. The monoisotopic (exact) mass is 497 g/mol. The maximum Gasteiger partial charge on any atom is 0.193 e. The summed E-state index contributed by atoms with van der Waals surface area (Å²) in [5.74, 6) is 0.415. The van der Waals surface area contributed by atoms with E-state index in [9.17, 15) is 0 Å². The van der Waals surface area contributed by atoms with Gasteiger partial charge in [-0.1, -0.05) is 54.1 Å². The number of halogens is 1. The van der Waals surface area contributed by atoms with E-state index in [1.54, 1.807) is 0 Å². The second-order valence-electron chi connectivity index (χ2n) is 6.87. The van der Waals surface area contributed by atoms with Gasteiger partial charge in [-0.25, -0.2) is 9.98 Å². The fraction of sp³-hybridized carbons (Fsp3) is 0.130. The fourth-order valence-corrected chi connectivity index (χ4v) is 3.08. The molecule has 3 N–H and O–H groups in total. The number of fused-ring (bicyclic) bond motifs is 1. The number of imidazole rings is 1. The van der Waals surface area contributed by atoms with Gasteiger partial charge < -0.3 is 15.6 Å². The number of nitrogens with one attached hydrogen (secondary N) is 1. The predicted molar refractivity (Wildman–Crippen MR) is 131 cm³/mol. The quantitative estimate of drug-likeness (QED) is 0.233. The van der Waals surface area contributed by atoms with E-state index in [0.717, 1.165) is 28.8 Å². The van der Waals surface area contributed by atoms with Crippen LogP contribution in [0.1, 0.15) is 16.7 Å². The van der Waals surface area contributed by atoms with Crippen molar-refractivity contribution in [2.75, 3.05) is 5.32 Å². The minimum Gasteiger partial charge on any atom is -0.370 e. The molecule has 0 amide bonds. The highest BCUT2D eigenvalue weighted by molar-refractivity contribution is 14.0. The summed E-state index contributed by atoms with van der Waals surface area (Å²) in [5.41, 5.74) is 12.7. The van der Waals surface area contributed by atoms with Gasteiger partial charge in [-0.2, -0.15) is 0 Å². The third-order valence-electron chi connectivity index (χ3n) is 4.66. The lowest BCUT2D eigenvalue weighted by atomic mass is 10.1. The molecule has 148 valence electrons. The predicted octanol–water partition coefficient (Wildman–Crippen LogP) is 4.94. The van der Waals surface area contributed by atoms with Crippen LogP contribution in [0.25, 0.3) is 11.0 Å². The molecule has 0 saturated heterocycles. The summed E-state index contributed by atoms with van der Waals surface area (Å²) in [4.78, 5) is 8.87. The molecule has 0 spiro atoms. The van der Waals surface area contributed by atoms with Crippen molar-refractivity contribution in [1.82, 2.24) is 9.55 Å². The van der Waals surface area contributed by atoms with Crippen LogP contribution >= 0.6 is 24.0 Å². The molecule has 0 saturated carbocycles. The highest BCUT2D eigenvalue weighted by Gasteiger charge is 2.03. The molecule has 4 aromatic rings. The number of guanidine groups is 1. The van der Waals surface area contributed by atoms with Gasteiger partial charge in [-0.3, -0.25) is 0 Å². The van der Waals surface area contributed by atoms with Gasteiger partial charge in [-0.05, 0) is 42.3 Å². The summed E-state index contributed by atoms with van der Waals surface area (Å²) >= 11 is 0. The lowest BCUT2D eigenvalue weighted by Gasteiger charge is -2.07. The molecule has 0 radical (unpaired) electrons. The Morgan fingerprint density at radius 2 is 1.66 bits per heavy atom. The molecule has 0 aliphatic heterocycles. The van der Waals surface area contributed by atoms with Crippen molar-refractivity contribution >= 4 is 46.7 Å². The van der Waals surface area contributed by atoms with Gasteiger partial charge in [0.15, 0.2) is 5.96 Å². The lowest BCUT2D eigenvalue weighted by Crippen LogP contribution is -2.22. The van der Waals surface area contributed by atoms with Crippen LogP contribution in [0, 0.1) is 6.92 Å². The molecule has 0 bridgehead atoms. The van der Waals surface area contributed by atoms with Crippen LogP contribution in [0.2, 0.25) is 0 Å². The van der Waals surface area contributed by atoms with E-state index in [2.05, 4.69) is 57.1 Å². The topological polar surface area (TPSA) is 68.2 Å². The molecule has 3 aromatic carbocycles. The number of para-hydroxylation sites is 2. The van der Waals surface area contributed by atoms with E-state index in [0.29, 0.717) is 12.5 Å². The number of aliphatic imine (C=N–C) groups is 1. The van der Waals surface area contributed by atoms with Crippen LogP contribution in [0.15, 0.2) is 84.1 Å². The third-order valence-corrected chi connectivity index (χ3v) is 4.66. The molecule has 0 fully saturated rings. The number of hydrogen-bond acceptors (Lipinski definition) is 2. The molecule has 4 rings (SSSR count). The first kappa shape index (κ1) is 20.9. The number of rotatable bonds is 5. The summed E-state index contributed by atoms with van der Waals surface area (Å²) in [5, 5.41) is 3.11. The Labute approximate surface area is 187 Å². The third kappa shape index (κ3) is 5.35. The maximum atomic E-state index is 5.99. The average Bonchev–Trinajstić information content (AvgIpc) is 3.12. The zero-order chi connectivity index (χ0) is 19.3. The second kappa shape index (κ2) is 9.56. The Hall–Kier alpha value is -2.87. The number of aryl methyl sites for hydroxylation is 1. The van der Waals surface area contributed by atoms with Crippen LogP contribution in [0.3, 0.4) is 0 Å². The first-order valence-electron chi connectivity index (χ1n) is 9.29. The Bertz CT molecular complexity index is 1100. The Balaban J connectivity index is 0.00000240. The standard InChI is InChI=1S/C23H23N5.HI/c1-17-6-12-20(13-7-17)27-23(24)25-14-18-8-10-19(11-9-18)15-28-16-26-21-4-2-3-5-22(21)28;/h2-13,16H,14-15H2,1H3,(H3,24,25,27);1H. The molecule has 1 heterocycles. The highest BCUT2D eigenvalue weighted by atomic mass is 127. The van der Waals surface area contributed by atoms with Crippen LogP contribution in [0.5, 0.6) is 0 Å². The number of aromatic nitrogens is 2. The van der Waals surface area contributed by atoms with Gasteiger partial charge in [0.1, 0.15) is 0 Å². The van der Waals surface area contributed by atoms with Gasteiger partial charge in [0.2, 0.25) is 0 Å². The molecular formula is C23H24IN5. The Morgan fingerprint density at radius 1 is 0.966 bits per heavy atom. The van der Waals surface area contributed by atoms with E-state index in [-0.39, 0.29) is 24.0 Å². The Kier molecular flexibility index (Phi) is 6.87. The lowest BCUT2D eigenvalue weighted by molar-refractivity contribution is 0.823. The minimum absolute atomic E-state index is 0. The summed E-state index contributed by atoms with van der Waals surface area (Å²) in [6.45, 7) is 3.39. The number of nitrogens with zero attached hydrogens (tertiary/aromatic N) is 3. The first-order valence-corrected chi connectivity index (χ1v) is 9.29. The zero-order valence-corrected chi connectivity index (χ0v) is 18.6. The van der Waals surface area contributed by atoms with Crippen molar-refractivity contribution in [2.24, 2.45) is 10.7 Å². The average molecular weight is 497 g/mol. The molecule has 1 aromatic heterocycles. The SMILES string of the molecule is Cc1ccc(NC(N)=NCc2ccc(Cn3cnc4ccccc43)cc2)cc1.I. The van der Waals surface area contributed by atoms with Crippen LogP contribution in [-0.2, 0) is 13.1 Å². The van der Waals surface area contributed by atoms with Crippen molar-refractivity contribution in [3.05, 3.63) is 95.8 Å². The molecular weight excluding hydrogens is 473 g/mol. The summed E-state index contributed by atoms with van der Waals surface area (Å²) in [6, 6.07) is 24.7. The van der Waals surface area contributed by atoms with E-state index < -0.39 is 0 Å². The first-order chi connectivity index (χ1) is 13.7. The molecule has 0 aliphatic carbocycles. The molecule has 5 nitrogen and oxygen atoms in total. The van der Waals surface area contributed by atoms with Gasteiger partial charge in [0.05, 0.1) is 23.9 Å². The van der Waals surface area contributed by atoms with E-state index in [1.165, 1.54) is 11.1 Å². The van der Waals surface area contributed by atoms with Gasteiger partial charge in [0, 0.05) is 12.2 Å². The van der Waals surface area contributed by atoms with Crippen molar-refractivity contribution in [1.29, 1.82) is 0 Å². The molecule has 29 heavy (non-hydrogen) atoms.